The van der Waals surface area contributed by atoms with E-state index >= 15 is 0 Å². The minimum atomic E-state index is -0.535. The zero-order valence-electron chi connectivity index (χ0n) is 19.9. The van der Waals surface area contributed by atoms with Gasteiger partial charge >= 0.3 is 0 Å². The second kappa shape index (κ2) is 9.82. The Kier molecular flexibility index (Phi) is 6.44. The molecule has 5 rings (SSSR count). The van der Waals surface area contributed by atoms with Crippen molar-refractivity contribution in [2.75, 3.05) is 13.1 Å². The highest BCUT2D eigenvalue weighted by molar-refractivity contribution is 5.97. The maximum Gasteiger partial charge on any atom is 0.252 e. The summed E-state index contributed by atoms with van der Waals surface area (Å²) in [4.78, 5) is 26.8. The summed E-state index contributed by atoms with van der Waals surface area (Å²) in [5.74, 6) is 0.916. The van der Waals surface area contributed by atoms with Crippen LogP contribution in [0.4, 0.5) is 0 Å². The van der Waals surface area contributed by atoms with Crippen LogP contribution in [-0.4, -0.2) is 51.8 Å². The number of hydrogen-bond acceptors (Lipinski definition) is 5. The summed E-state index contributed by atoms with van der Waals surface area (Å²) in [5.41, 5.74) is 8.73. The Hall–Kier alpha value is -3.81. The van der Waals surface area contributed by atoms with Gasteiger partial charge in [-0.1, -0.05) is 18.2 Å². The minimum absolute atomic E-state index is 0.0831. The molecule has 1 aliphatic carbocycles. The summed E-state index contributed by atoms with van der Waals surface area (Å²) in [7, 11) is 1.84. The fraction of sp³-hybridized carbons (Fsp3) is 0.370. The van der Waals surface area contributed by atoms with Gasteiger partial charge in [-0.3, -0.25) is 14.3 Å². The third-order valence-electron chi connectivity index (χ3n) is 6.48. The van der Waals surface area contributed by atoms with Gasteiger partial charge in [-0.05, 0) is 48.2 Å². The number of piperidine rings is 1. The highest BCUT2D eigenvalue weighted by atomic mass is 16.5. The molecule has 35 heavy (non-hydrogen) atoms. The van der Waals surface area contributed by atoms with Gasteiger partial charge in [0, 0.05) is 44.7 Å². The van der Waals surface area contributed by atoms with Crippen LogP contribution in [0, 0.1) is 0 Å². The summed E-state index contributed by atoms with van der Waals surface area (Å²) in [5, 5.41) is 4.18. The maximum absolute atomic E-state index is 12.8. The summed E-state index contributed by atoms with van der Waals surface area (Å²) in [6, 6.07) is 13.2. The van der Waals surface area contributed by atoms with Crippen molar-refractivity contribution in [3.63, 3.8) is 0 Å². The number of likely N-dealkylation sites (tertiary alicyclic amines) is 1. The van der Waals surface area contributed by atoms with Crippen LogP contribution < -0.4 is 15.2 Å². The molecule has 1 saturated carbocycles. The zero-order chi connectivity index (χ0) is 24.4. The molecule has 0 spiro atoms. The molecule has 2 amide bonds. The number of nitrogens with zero attached hydrogens (tertiary/aromatic N) is 3. The van der Waals surface area contributed by atoms with Crippen LogP contribution >= 0.6 is 0 Å². The van der Waals surface area contributed by atoms with Crippen molar-refractivity contribution < 1.29 is 19.1 Å². The van der Waals surface area contributed by atoms with E-state index in [1.165, 1.54) is 0 Å². The normalized spacial score (nSPS) is 16.2. The van der Waals surface area contributed by atoms with E-state index in [0.29, 0.717) is 49.8 Å². The molecule has 2 aromatic carbocycles. The van der Waals surface area contributed by atoms with Crippen LogP contribution in [0.25, 0.3) is 11.1 Å². The Bertz CT molecular complexity index is 1210. The molecule has 2 aliphatic rings. The number of benzene rings is 2. The molecule has 1 saturated heterocycles. The fourth-order valence-electron chi connectivity index (χ4n) is 4.33. The van der Waals surface area contributed by atoms with Crippen molar-refractivity contribution in [3.8, 4) is 22.6 Å². The number of ether oxygens (including phenoxy) is 2. The van der Waals surface area contributed by atoms with Gasteiger partial charge in [-0.2, -0.15) is 5.10 Å². The first-order valence-electron chi connectivity index (χ1n) is 12.1. The molecule has 0 radical (unpaired) electrons. The number of primary amides is 1. The second-order valence-corrected chi connectivity index (χ2v) is 9.31. The predicted molar refractivity (Wildman–Crippen MR) is 131 cm³/mol. The van der Waals surface area contributed by atoms with Gasteiger partial charge in [0.15, 0.2) is 0 Å². The van der Waals surface area contributed by atoms with Crippen LogP contribution in [0.2, 0.25) is 0 Å². The molecule has 1 aromatic heterocycles. The van der Waals surface area contributed by atoms with Gasteiger partial charge in [-0.15, -0.1) is 0 Å². The Morgan fingerprint density at radius 3 is 2.31 bits per heavy atom. The third kappa shape index (κ3) is 5.65. The molecule has 0 unspecified atom stereocenters. The molecular weight excluding hydrogens is 444 g/mol. The zero-order valence-corrected chi connectivity index (χ0v) is 19.9. The van der Waals surface area contributed by atoms with E-state index in [1.807, 2.05) is 48.5 Å². The molecule has 3 aromatic rings. The van der Waals surface area contributed by atoms with Gasteiger partial charge < -0.3 is 20.1 Å². The largest absolute Gasteiger partial charge is 0.490 e. The molecule has 2 N–H and O–H groups in total. The van der Waals surface area contributed by atoms with Crippen molar-refractivity contribution in [3.05, 3.63) is 66.0 Å². The average Bonchev–Trinajstić information content (AvgIpc) is 3.57. The first kappa shape index (κ1) is 23.0. The highest BCUT2D eigenvalue weighted by Gasteiger charge is 2.26. The molecule has 0 bridgehead atoms. The number of amides is 2. The summed E-state index contributed by atoms with van der Waals surface area (Å²) in [6.45, 7) is 1.23. The van der Waals surface area contributed by atoms with Crippen molar-refractivity contribution in [2.24, 2.45) is 12.8 Å². The smallest absolute Gasteiger partial charge is 0.252 e. The minimum Gasteiger partial charge on any atom is -0.490 e. The van der Waals surface area contributed by atoms with E-state index < -0.39 is 5.91 Å². The van der Waals surface area contributed by atoms with Crippen molar-refractivity contribution in [1.29, 1.82) is 0 Å². The summed E-state index contributed by atoms with van der Waals surface area (Å²) in [6.07, 6.45) is 7.92. The Morgan fingerprint density at radius 2 is 1.69 bits per heavy atom. The van der Waals surface area contributed by atoms with Gasteiger partial charge in [0.25, 0.3) is 5.91 Å². The van der Waals surface area contributed by atoms with Gasteiger partial charge in [0.2, 0.25) is 5.91 Å². The van der Waals surface area contributed by atoms with Crippen molar-refractivity contribution in [1.82, 2.24) is 14.7 Å². The van der Waals surface area contributed by atoms with Crippen molar-refractivity contribution >= 4 is 11.8 Å². The standard InChI is InChI=1S/C27H30N4O4/c1-30-17-20(16-29-30)19-4-9-25(24(15-19)27(28)33)35-23-10-12-31(13-11-23)26(32)14-18-2-5-21(6-3-18)34-22-7-8-22/h2-6,9,15-17,22-23H,7-8,10-14H2,1H3,(H2,28,33). The second-order valence-electron chi connectivity index (χ2n) is 9.31. The molecule has 8 nitrogen and oxygen atoms in total. The number of carbonyl (C=O) groups excluding carboxylic acids is 2. The molecular formula is C27H30N4O4. The lowest BCUT2D eigenvalue weighted by molar-refractivity contribution is -0.132. The van der Waals surface area contributed by atoms with Crippen LogP contribution in [0.1, 0.15) is 41.6 Å². The van der Waals surface area contributed by atoms with Gasteiger partial charge in [0.05, 0.1) is 24.3 Å². The summed E-state index contributed by atoms with van der Waals surface area (Å²) >= 11 is 0. The van der Waals surface area contributed by atoms with E-state index in [0.717, 1.165) is 35.3 Å². The molecule has 2 heterocycles. The highest BCUT2D eigenvalue weighted by Crippen LogP contribution is 2.29. The topological polar surface area (TPSA) is 99.7 Å². The molecule has 0 atom stereocenters. The maximum atomic E-state index is 12.8. The molecule has 1 aliphatic heterocycles. The Labute approximate surface area is 204 Å². The van der Waals surface area contributed by atoms with E-state index in [2.05, 4.69) is 5.10 Å². The van der Waals surface area contributed by atoms with Crippen molar-refractivity contribution in [2.45, 2.75) is 44.3 Å². The number of nitrogens with two attached hydrogens (primary N) is 1. The third-order valence-corrected chi connectivity index (χ3v) is 6.48. The van der Waals surface area contributed by atoms with E-state index in [9.17, 15) is 9.59 Å². The number of rotatable bonds is 8. The molecule has 182 valence electrons. The summed E-state index contributed by atoms with van der Waals surface area (Å²) < 4.78 is 13.6. The van der Waals surface area contributed by atoms with Gasteiger partial charge in [-0.25, -0.2) is 0 Å². The lowest BCUT2D eigenvalue weighted by Crippen LogP contribution is -2.42. The number of hydrogen-bond donors (Lipinski definition) is 1. The number of carbonyl (C=O) groups is 2. The molecule has 2 fully saturated rings. The lowest BCUT2D eigenvalue weighted by Gasteiger charge is -2.32. The van der Waals surface area contributed by atoms with Crippen LogP contribution in [0.5, 0.6) is 11.5 Å². The Balaban J connectivity index is 1.16. The fourth-order valence-corrected chi connectivity index (χ4v) is 4.33. The van der Waals surface area contributed by atoms with Crippen LogP contribution in [0.3, 0.4) is 0 Å². The number of aromatic nitrogens is 2. The van der Waals surface area contributed by atoms with Crippen LogP contribution in [-0.2, 0) is 18.3 Å². The van der Waals surface area contributed by atoms with E-state index in [4.69, 9.17) is 15.2 Å². The van der Waals surface area contributed by atoms with E-state index in [-0.39, 0.29) is 12.0 Å². The Morgan fingerprint density at radius 1 is 0.971 bits per heavy atom. The quantitative estimate of drug-likeness (QED) is 0.540. The predicted octanol–water partition coefficient (Wildman–Crippen LogP) is 3.34. The van der Waals surface area contributed by atoms with Crippen LogP contribution in [0.15, 0.2) is 54.9 Å². The SMILES string of the molecule is Cn1cc(-c2ccc(OC3CCN(C(=O)Cc4ccc(OC5CC5)cc4)CC3)c(C(N)=O)c2)cn1. The first-order chi connectivity index (χ1) is 16.9. The first-order valence-corrected chi connectivity index (χ1v) is 12.1. The molecule has 8 heteroatoms. The average molecular weight is 475 g/mol. The lowest BCUT2D eigenvalue weighted by atomic mass is 10.0. The van der Waals surface area contributed by atoms with Gasteiger partial charge in [0.1, 0.15) is 17.6 Å². The monoisotopic (exact) mass is 474 g/mol. The van der Waals surface area contributed by atoms with E-state index in [1.54, 1.807) is 23.0 Å². The number of aryl methyl sites for hydroxylation is 1.